The first-order chi connectivity index (χ1) is 8.13. The largest absolute Gasteiger partial charge is 0.381 e. The SMILES string of the molecule is Cc1ccc(CNc2cc(F)cc(F)c2)cn1. The molecule has 0 unspecified atom stereocenters. The van der Waals surface area contributed by atoms with Gasteiger partial charge in [0.25, 0.3) is 0 Å². The number of benzene rings is 1. The van der Waals surface area contributed by atoms with E-state index in [1.54, 1.807) is 6.20 Å². The second-order valence-electron chi connectivity index (χ2n) is 3.82. The summed E-state index contributed by atoms with van der Waals surface area (Å²) in [5, 5.41) is 2.94. The molecule has 2 nitrogen and oxygen atoms in total. The average molecular weight is 234 g/mol. The van der Waals surface area contributed by atoms with Crippen molar-refractivity contribution in [2.24, 2.45) is 0 Å². The molecule has 88 valence electrons. The highest BCUT2D eigenvalue weighted by Gasteiger charge is 2.00. The summed E-state index contributed by atoms with van der Waals surface area (Å²) in [6.07, 6.45) is 1.73. The van der Waals surface area contributed by atoms with Crippen LogP contribution in [0.5, 0.6) is 0 Å². The van der Waals surface area contributed by atoms with E-state index in [1.165, 1.54) is 12.1 Å². The Bertz CT molecular complexity index is 489. The monoisotopic (exact) mass is 234 g/mol. The van der Waals surface area contributed by atoms with Crippen molar-refractivity contribution >= 4 is 5.69 Å². The molecule has 0 aliphatic carbocycles. The summed E-state index contributed by atoms with van der Waals surface area (Å²) in [4.78, 5) is 4.14. The quantitative estimate of drug-likeness (QED) is 0.881. The van der Waals surface area contributed by atoms with Gasteiger partial charge in [-0.1, -0.05) is 6.07 Å². The van der Waals surface area contributed by atoms with Crippen molar-refractivity contribution < 1.29 is 8.78 Å². The highest BCUT2D eigenvalue weighted by atomic mass is 19.1. The third-order valence-corrected chi connectivity index (χ3v) is 2.33. The maximum absolute atomic E-state index is 12.9. The second kappa shape index (κ2) is 4.91. The van der Waals surface area contributed by atoms with E-state index in [1.807, 2.05) is 19.1 Å². The maximum atomic E-state index is 12.9. The molecule has 0 aliphatic rings. The van der Waals surface area contributed by atoms with Crippen LogP contribution < -0.4 is 5.32 Å². The first-order valence-electron chi connectivity index (χ1n) is 5.25. The molecule has 0 saturated carbocycles. The van der Waals surface area contributed by atoms with Crippen LogP contribution in [-0.4, -0.2) is 4.98 Å². The van der Waals surface area contributed by atoms with Crippen molar-refractivity contribution in [2.75, 3.05) is 5.32 Å². The highest BCUT2D eigenvalue weighted by Crippen LogP contribution is 2.13. The minimum Gasteiger partial charge on any atom is -0.381 e. The van der Waals surface area contributed by atoms with Crippen LogP contribution in [0.25, 0.3) is 0 Å². The third kappa shape index (κ3) is 3.24. The number of aryl methyl sites for hydroxylation is 1. The van der Waals surface area contributed by atoms with E-state index < -0.39 is 11.6 Å². The van der Waals surface area contributed by atoms with Crippen LogP contribution in [0.1, 0.15) is 11.3 Å². The Morgan fingerprint density at radius 1 is 1.12 bits per heavy atom. The molecule has 0 atom stereocenters. The predicted octanol–water partition coefficient (Wildman–Crippen LogP) is 3.28. The molecule has 1 aromatic carbocycles. The van der Waals surface area contributed by atoms with Gasteiger partial charge >= 0.3 is 0 Å². The summed E-state index contributed by atoms with van der Waals surface area (Å²) in [5.74, 6) is -1.18. The van der Waals surface area contributed by atoms with Crippen molar-refractivity contribution in [3.63, 3.8) is 0 Å². The van der Waals surface area contributed by atoms with Gasteiger partial charge in [0.1, 0.15) is 11.6 Å². The van der Waals surface area contributed by atoms with Gasteiger partial charge in [0.05, 0.1) is 0 Å². The molecular weight excluding hydrogens is 222 g/mol. The Kier molecular flexibility index (Phi) is 3.32. The normalized spacial score (nSPS) is 10.3. The molecule has 0 radical (unpaired) electrons. The summed E-state index contributed by atoms with van der Waals surface area (Å²) in [6, 6.07) is 7.17. The molecule has 0 amide bonds. The number of aromatic nitrogens is 1. The Labute approximate surface area is 98.3 Å². The molecule has 0 spiro atoms. The second-order valence-corrected chi connectivity index (χ2v) is 3.82. The summed E-state index contributed by atoms with van der Waals surface area (Å²) in [6.45, 7) is 2.38. The number of anilines is 1. The van der Waals surface area contributed by atoms with Crippen LogP contribution in [0.2, 0.25) is 0 Å². The number of hydrogen-bond acceptors (Lipinski definition) is 2. The fraction of sp³-hybridized carbons (Fsp3) is 0.154. The van der Waals surface area contributed by atoms with Crippen molar-refractivity contribution in [3.05, 3.63) is 59.4 Å². The number of halogens is 2. The van der Waals surface area contributed by atoms with E-state index in [0.717, 1.165) is 17.3 Å². The molecule has 0 saturated heterocycles. The van der Waals surface area contributed by atoms with E-state index in [0.29, 0.717) is 12.2 Å². The van der Waals surface area contributed by atoms with Gasteiger partial charge in [0.15, 0.2) is 0 Å². The molecule has 0 fully saturated rings. The molecule has 2 aromatic rings. The van der Waals surface area contributed by atoms with Crippen LogP contribution in [0.15, 0.2) is 36.5 Å². The van der Waals surface area contributed by atoms with E-state index in [2.05, 4.69) is 10.3 Å². The number of pyridine rings is 1. The first-order valence-corrected chi connectivity index (χ1v) is 5.25. The Hall–Kier alpha value is -1.97. The van der Waals surface area contributed by atoms with Gasteiger partial charge in [-0.15, -0.1) is 0 Å². The van der Waals surface area contributed by atoms with Gasteiger partial charge in [-0.2, -0.15) is 0 Å². The molecular formula is C13H12F2N2. The predicted molar refractivity (Wildman–Crippen MR) is 62.7 cm³/mol. The zero-order chi connectivity index (χ0) is 12.3. The van der Waals surface area contributed by atoms with Gasteiger partial charge in [0.2, 0.25) is 0 Å². The minimum absolute atomic E-state index is 0.420. The molecule has 0 bridgehead atoms. The van der Waals surface area contributed by atoms with E-state index in [-0.39, 0.29) is 0 Å². The van der Waals surface area contributed by atoms with Crippen LogP contribution in [0.4, 0.5) is 14.5 Å². The lowest BCUT2D eigenvalue weighted by molar-refractivity contribution is 0.584. The Morgan fingerprint density at radius 2 is 1.82 bits per heavy atom. The fourth-order valence-electron chi connectivity index (χ4n) is 1.46. The van der Waals surface area contributed by atoms with Crippen molar-refractivity contribution in [1.82, 2.24) is 4.98 Å². The van der Waals surface area contributed by atoms with Crippen molar-refractivity contribution in [2.45, 2.75) is 13.5 Å². The topological polar surface area (TPSA) is 24.9 Å². The smallest absolute Gasteiger partial charge is 0.128 e. The van der Waals surface area contributed by atoms with Gasteiger partial charge in [0, 0.05) is 30.2 Å². The highest BCUT2D eigenvalue weighted by molar-refractivity contribution is 5.44. The first kappa shape index (κ1) is 11.5. The number of nitrogens with zero attached hydrogens (tertiary/aromatic N) is 1. The lowest BCUT2D eigenvalue weighted by Crippen LogP contribution is -2.01. The third-order valence-electron chi connectivity index (χ3n) is 2.33. The van der Waals surface area contributed by atoms with Gasteiger partial charge in [-0.25, -0.2) is 8.78 Å². The maximum Gasteiger partial charge on any atom is 0.128 e. The van der Waals surface area contributed by atoms with Crippen molar-refractivity contribution in [1.29, 1.82) is 0 Å². The fourth-order valence-corrected chi connectivity index (χ4v) is 1.46. The van der Waals surface area contributed by atoms with Gasteiger partial charge < -0.3 is 5.32 Å². The molecule has 1 heterocycles. The number of rotatable bonds is 3. The van der Waals surface area contributed by atoms with Gasteiger partial charge in [-0.3, -0.25) is 4.98 Å². The van der Waals surface area contributed by atoms with Gasteiger partial charge in [-0.05, 0) is 30.7 Å². The van der Waals surface area contributed by atoms with E-state index in [4.69, 9.17) is 0 Å². The Balaban J connectivity index is 2.04. The van der Waals surface area contributed by atoms with Crippen LogP contribution in [0, 0.1) is 18.6 Å². The average Bonchev–Trinajstić information content (AvgIpc) is 2.27. The standard InChI is InChI=1S/C13H12F2N2/c1-9-2-3-10(7-16-9)8-17-13-5-11(14)4-12(15)6-13/h2-7,17H,8H2,1H3. The Morgan fingerprint density at radius 3 is 2.41 bits per heavy atom. The molecule has 17 heavy (non-hydrogen) atoms. The molecule has 0 aliphatic heterocycles. The summed E-state index contributed by atoms with van der Waals surface area (Å²) in [5.41, 5.74) is 2.31. The van der Waals surface area contributed by atoms with Crippen LogP contribution in [0.3, 0.4) is 0 Å². The molecule has 1 N–H and O–H groups in total. The lowest BCUT2D eigenvalue weighted by Gasteiger charge is -2.06. The lowest BCUT2D eigenvalue weighted by atomic mass is 10.2. The van der Waals surface area contributed by atoms with E-state index >= 15 is 0 Å². The molecule has 1 aromatic heterocycles. The number of hydrogen-bond donors (Lipinski definition) is 1. The molecule has 2 rings (SSSR count). The summed E-state index contributed by atoms with van der Waals surface area (Å²) >= 11 is 0. The minimum atomic E-state index is -0.588. The van der Waals surface area contributed by atoms with Crippen LogP contribution >= 0.6 is 0 Å². The summed E-state index contributed by atoms with van der Waals surface area (Å²) < 4.78 is 25.8. The summed E-state index contributed by atoms with van der Waals surface area (Å²) in [7, 11) is 0. The number of nitrogens with one attached hydrogen (secondary N) is 1. The van der Waals surface area contributed by atoms with E-state index in [9.17, 15) is 8.78 Å². The molecule has 4 heteroatoms. The zero-order valence-electron chi connectivity index (χ0n) is 9.37. The van der Waals surface area contributed by atoms with Crippen LogP contribution in [-0.2, 0) is 6.54 Å². The zero-order valence-corrected chi connectivity index (χ0v) is 9.37. The van der Waals surface area contributed by atoms with Crippen molar-refractivity contribution in [3.8, 4) is 0 Å².